The molecule has 0 bridgehead atoms. The zero-order valence-corrected chi connectivity index (χ0v) is 9.18. The van der Waals surface area contributed by atoms with Gasteiger partial charge in [0.15, 0.2) is 5.82 Å². The lowest BCUT2D eigenvalue weighted by molar-refractivity contribution is -0.141. The Labute approximate surface area is 93.6 Å². The number of hydrogen-bond acceptors (Lipinski definition) is 5. The summed E-state index contributed by atoms with van der Waals surface area (Å²) in [4.78, 5) is 14.6. The number of carbonyl (C=O) groups is 1. The second-order valence-corrected chi connectivity index (χ2v) is 2.14. The van der Waals surface area contributed by atoms with Crippen LogP contribution in [0.2, 0.25) is 0 Å². The molecule has 0 fully saturated rings. The van der Waals surface area contributed by atoms with Crippen LogP contribution in [0, 0.1) is 0 Å². The average molecular weight is 243 g/mol. The molecule has 0 spiro atoms. The molecular weight excluding hydrogens is 231 g/mol. The van der Waals surface area contributed by atoms with E-state index in [1.54, 1.807) is 0 Å². The van der Waals surface area contributed by atoms with Crippen LogP contribution in [-0.4, -0.2) is 27.8 Å². The molecule has 2 N–H and O–H groups in total. The van der Waals surface area contributed by atoms with Crippen LogP contribution < -0.4 is 5.73 Å². The highest BCUT2D eigenvalue weighted by molar-refractivity contribution is 5.85. The van der Waals surface area contributed by atoms with Gasteiger partial charge < -0.3 is 10.5 Å². The first kappa shape index (κ1) is 15.6. The van der Waals surface area contributed by atoms with E-state index in [0.717, 1.165) is 0 Å². The molecule has 82 valence electrons. The molecule has 0 atom stereocenters. The quantitative estimate of drug-likeness (QED) is 0.740. The fourth-order valence-corrected chi connectivity index (χ4v) is 0.700. The first-order chi connectivity index (χ1) is 5.76. The Balaban J connectivity index is 0. The number of nitrogens with two attached hydrogens (primary N) is 1. The Morgan fingerprint density at radius 1 is 1.64 bits per heavy atom. The molecule has 0 aromatic carbocycles. The highest BCUT2D eigenvalue weighted by atomic mass is 35.5. The average Bonchev–Trinajstić information content (AvgIpc) is 2.52. The van der Waals surface area contributed by atoms with Crippen LogP contribution in [0.1, 0.15) is 5.82 Å². The van der Waals surface area contributed by atoms with E-state index in [-0.39, 0.29) is 43.9 Å². The van der Waals surface area contributed by atoms with Crippen LogP contribution in [0.3, 0.4) is 0 Å². The van der Waals surface area contributed by atoms with Crippen LogP contribution in [0.4, 0.5) is 0 Å². The van der Waals surface area contributed by atoms with Gasteiger partial charge in [-0.2, -0.15) is 5.10 Å². The Morgan fingerprint density at radius 3 is 2.71 bits per heavy atom. The van der Waals surface area contributed by atoms with Crippen LogP contribution in [0.15, 0.2) is 6.33 Å². The van der Waals surface area contributed by atoms with Gasteiger partial charge in [-0.1, -0.05) is 0 Å². The summed E-state index contributed by atoms with van der Waals surface area (Å²) in [6, 6.07) is 0. The van der Waals surface area contributed by atoms with Gasteiger partial charge >= 0.3 is 5.97 Å². The number of esters is 1. The van der Waals surface area contributed by atoms with Crippen molar-refractivity contribution in [2.45, 2.75) is 13.1 Å². The van der Waals surface area contributed by atoms with Crippen molar-refractivity contribution in [2.75, 3.05) is 7.11 Å². The number of rotatable bonds is 3. The van der Waals surface area contributed by atoms with E-state index in [0.29, 0.717) is 5.82 Å². The summed E-state index contributed by atoms with van der Waals surface area (Å²) in [6.07, 6.45) is 1.44. The van der Waals surface area contributed by atoms with E-state index >= 15 is 0 Å². The minimum Gasteiger partial charge on any atom is -0.468 e. The van der Waals surface area contributed by atoms with Gasteiger partial charge in [-0.25, -0.2) is 9.67 Å². The number of nitrogens with zero attached hydrogens (tertiary/aromatic N) is 3. The maximum absolute atomic E-state index is 10.7. The molecule has 0 aliphatic heterocycles. The number of aromatic nitrogens is 3. The largest absolute Gasteiger partial charge is 0.468 e. The van der Waals surface area contributed by atoms with E-state index in [4.69, 9.17) is 5.73 Å². The van der Waals surface area contributed by atoms with Gasteiger partial charge in [0.25, 0.3) is 0 Å². The molecular formula is C6H12Cl2N4O2. The number of ether oxygens (including phenoxy) is 1. The Bertz CT molecular complexity index is 279. The van der Waals surface area contributed by atoms with Crippen molar-refractivity contribution in [1.29, 1.82) is 0 Å². The van der Waals surface area contributed by atoms with Crippen LogP contribution in [0.25, 0.3) is 0 Å². The molecule has 1 rings (SSSR count). The monoisotopic (exact) mass is 242 g/mol. The van der Waals surface area contributed by atoms with Gasteiger partial charge in [0.1, 0.15) is 12.9 Å². The maximum Gasteiger partial charge on any atom is 0.327 e. The molecule has 0 aliphatic rings. The summed E-state index contributed by atoms with van der Waals surface area (Å²) in [5.41, 5.74) is 5.27. The molecule has 6 nitrogen and oxygen atoms in total. The Kier molecular flexibility index (Phi) is 8.41. The molecule has 1 heterocycles. The van der Waals surface area contributed by atoms with E-state index in [1.165, 1.54) is 18.1 Å². The fourth-order valence-electron chi connectivity index (χ4n) is 0.700. The van der Waals surface area contributed by atoms with Crippen molar-refractivity contribution < 1.29 is 9.53 Å². The van der Waals surface area contributed by atoms with E-state index in [1.807, 2.05) is 0 Å². The Hall–Kier alpha value is -0.850. The van der Waals surface area contributed by atoms with Crippen LogP contribution >= 0.6 is 24.8 Å². The predicted molar refractivity (Wildman–Crippen MR) is 54.4 cm³/mol. The molecule has 0 unspecified atom stereocenters. The highest BCUT2D eigenvalue weighted by Gasteiger charge is 2.03. The maximum atomic E-state index is 10.7. The minimum atomic E-state index is -0.358. The zero-order chi connectivity index (χ0) is 8.97. The molecule has 8 heteroatoms. The third-order valence-corrected chi connectivity index (χ3v) is 1.29. The van der Waals surface area contributed by atoms with E-state index in [2.05, 4.69) is 14.8 Å². The van der Waals surface area contributed by atoms with Crippen molar-refractivity contribution >= 4 is 30.8 Å². The predicted octanol–water partition coefficient (Wildman–Crippen LogP) is -0.247. The fraction of sp³-hybridized carbons (Fsp3) is 0.500. The van der Waals surface area contributed by atoms with Crippen molar-refractivity contribution in [1.82, 2.24) is 14.8 Å². The molecule has 0 saturated heterocycles. The van der Waals surface area contributed by atoms with E-state index < -0.39 is 0 Å². The first-order valence-electron chi connectivity index (χ1n) is 3.41. The van der Waals surface area contributed by atoms with Gasteiger partial charge in [-0.3, -0.25) is 4.79 Å². The summed E-state index contributed by atoms with van der Waals surface area (Å²) in [6.45, 7) is 0.345. The number of methoxy groups -OCH3 is 1. The van der Waals surface area contributed by atoms with Gasteiger partial charge in [0.2, 0.25) is 0 Å². The topological polar surface area (TPSA) is 83.0 Å². The number of halogens is 2. The van der Waals surface area contributed by atoms with E-state index in [9.17, 15) is 4.79 Å². The highest BCUT2D eigenvalue weighted by Crippen LogP contribution is 1.88. The Morgan fingerprint density at radius 2 is 2.29 bits per heavy atom. The van der Waals surface area contributed by atoms with Gasteiger partial charge in [0, 0.05) is 0 Å². The summed E-state index contributed by atoms with van der Waals surface area (Å²) in [7, 11) is 1.32. The van der Waals surface area contributed by atoms with Gasteiger partial charge in [-0.15, -0.1) is 24.8 Å². The van der Waals surface area contributed by atoms with Gasteiger partial charge in [-0.05, 0) is 0 Å². The molecule has 0 aliphatic carbocycles. The smallest absolute Gasteiger partial charge is 0.327 e. The molecule has 0 radical (unpaired) electrons. The minimum absolute atomic E-state index is 0. The van der Waals surface area contributed by atoms with Crippen molar-refractivity contribution in [2.24, 2.45) is 5.73 Å². The molecule has 1 aromatic rings. The lowest BCUT2D eigenvalue weighted by atomic mass is 10.6. The molecule has 14 heavy (non-hydrogen) atoms. The second-order valence-electron chi connectivity index (χ2n) is 2.14. The summed E-state index contributed by atoms with van der Waals surface area (Å²) in [5, 5.41) is 3.90. The van der Waals surface area contributed by atoms with Gasteiger partial charge in [0.05, 0.1) is 13.7 Å². The summed E-state index contributed by atoms with van der Waals surface area (Å²) in [5.74, 6) is 0.155. The molecule has 0 saturated carbocycles. The normalized spacial score (nSPS) is 8.43. The lowest BCUT2D eigenvalue weighted by Crippen LogP contribution is -2.12. The first-order valence-corrected chi connectivity index (χ1v) is 3.41. The van der Waals surface area contributed by atoms with Crippen molar-refractivity contribution in [3.05, 3.63) is 12.2 Å². The van der Waals surface area contributed by atoms with Crippen molar-refractivity contribution in [3.8, 4) is 0 Å². The number of hydrogen-bond donors (Lipinski definition) is 1. The van der Waals surface area contributed by atoms with Crippen LogP contribution in [0.5, 0.6) is 0 Å². The SMILES string of the molecule is COC(=O)Cn1cnc(CN)n1.Cl.Cl. The summed E-state index contributed by atoms with van der Waals surface area (Å²) >= 11 is 0. The number of carbonyl (C=O) groups excluding carboxylic acids is 1. The standard InChI is InChI=1S/C6H10N4O2.2ClH/c1-12-6(11)3-10-4-8-5(2-7)9-10;;/h4H,2-3,7H2,1H3;2*1H. The van der Waals surface area contributed by atoms with Crippen molar-refractivity contribution in [3.63, 3.8) is 0 Å². The third-order valence-electron chi connectivity index (χ3n) is 1.29. The zero-order valence-electron chi connectivity index (χ0n) is 7.54. The third kappa shape index (κ3) is 4.40. The second kappa shape index (κ2) is 7.54. The molecule has 1 aromatic heterocycles. The molecule has 0 amide bonds. The lowest BCUT2D eigenvalue weighted by Gasteiger charge is -1.96. The van der Waals surface area contributed by atoms with Crippen LogP contribution in [-0.2, 0) is 22.6 Å². The summed E-state index contributed by atoms with van der Waals surface area (Å²) < 4.78 is 5.82.